The van der Waals surface area contributed by atoms with Crippen molar-refractivity contribution in [3.05, 3.63) is 0 Å². The van der Waals surface area contributed by atoms with Crippen LogP contribution in [0.1, 0.15) is 0 Å². The van der Waals surface area contributed by atoms with Gasteiger partial charge in [0.2, 0.25) is 0 Å². The van der Waals surface area contributed by atoms with Gasteiger partial charge in [0, 0.05) is 0 Å². The summed E-state index contributed by atoms with van der Waals surface area (Å²) in [5.41, 5.74) is 0. The second kappa shape index (κ2) is 3.89. The molecule has 0 spiro atoms. The largest absolute Gasteiger partial charge is 0.273 e. The smallest absolute Gasteiger partial charge is 0.268 e. The molecule has 0 radical (unpaired) electrons. The third kappa shape index (κ3) is 4.71. The van der Waals surface area contributed by atoms with Gasteiger partial charge in [-0.05, 0) is 0 Å². The molecule has 0 aromatic carbocycles. The summed E-state index contributed by atoms with van der Waals surface area (Å²) >= 11 is 0. The first kappa shape index (κ1) is 9.86. The minimum atomic E-state index is -3.60. The molecular formula is C3H8O5S2. The van der Waals surface area contributed by atoms with Crippen LogP contribution in [-0.2, 0) is 25.0 Å². The average molecular weight is 188 g/mol. The highest BCUT2D eigenvalue weighted by atomic mass is 32.2. The highest BCUT2D eigenvalue weighted by Gasteiger charge is 2.07. The monoisotopic (exact) mass is 188 g/mol. The molecule has 0 fully saturated rings. The molecule has 0 saturated heterocycles. The lowest BCUT2D eigenvalue weighted by Gasteiger charge is -1.94. The van der Waals surface area contributed by atoms with Crippen molar-refractivity contribution in [1.82, 2.24) is 0 Å². The third-order valence-corrected chi connectivity index (χ3v) is 2.88. The number of hydrogen-bond donors (Lipinski definition) is 1. The van der Waals surface area contributed by atoms with E-state index in [1.54, 1.807) is 0 Å². The molecule has 0 aliphatic carbocycles. The van der Waals surface area contributed by atoms with Gasteiger partial charge < -0.3 is 0 Å². The van der Waals surface area contributed by atoms with Gasteiger partial charge in [-0.2, -0.15) is 8.42 Å². The molecule has 0 amide bonds. The molecule has 0 aliphatic rings. The van der Waals surface area contributed by atoms with Gasteiger partial charge in [-0.25, -0.2) is 8.42 Å². The van der Waals surface area contributed by atoms with Crippen molar-refractivity contribution in [3.63, 3.8) is 0 Å². The molecule has 0 heterocycles. The van der Waals surface area contributed by atoms with E-state index in [1.165, 1.54) is 0 Å². The maximum atomic E-state index is 10.4. The second-order valence-electron chi connectivity index (χ2n) is 1.48. The van der Waals surface area contributed by atoms with Gasteiger partial charge in [0.05, 0.1) is 18.6 Å². The Bertz CT molecular complexity index is 240. The van der Waals surface area contributed by atoms with Crippen molar-refractivity contribution in [2.45, 2.75) is 0 Å². The second-order valence-corrected chi connectivity index (χ2v) is 4.45. The van der Waals surface area contributed by atoms with Crippen molar-refractivity contribution >= 4 is 20.8 Å². The molecule has 10 heavy (non-hydrogen) atoms. The van der Waals surface area contributed by atoms with Crippen LogP contribution in [0.15, 0.2) is 0 Å². The fraction of sp³-hybridized carbons (Fsp3) is 1.00. The maximum absolute atomic E-state index is 10.4. The van der Waals surface area contributed by atoms with Gasteiger partial charge >= 0.3 is 0 Å². The molecule has 7 heteroatoms. The Morgan fingerprint density at radius 3 is 2.20 bits per heavy atom. The van der Waals surface area contributed by atoms with Crippen LogP contribution in [0.4, 0.5) is 0 Å². The summed E-state index contributed by atoms with van der Waals surface area (Å²) in [6.45, 7) is 0. The molecule has 0 rings (SSSR count). The van der Waals surface area contributed by atoms with Crippen molar-refractivity contribution in [2.24, 2.45) is 0 Å². The average Bonchev–Trinajstić information content (AvgIpc) is 1.85. The summed E-state index contributed by atoms with van der Waals surface area (Å²) in [5.74, 6) is -0.853. The van der Waals surface area contributed by atoms with E-state index in [-0.39, 0.29) is 5.75 Å². The summed E-state index contributed by atoms with van der Waals surface area (Å²) in [6, 6.07) is 0. The molecule has 0 aliphatic heterocycles. The van der Waals surface area contributed by atoms with Crippen LogP contribution in [0.5, 0.6) is 0 Å². The summed E-state index contributed by atoms with van der Waals surface area (Å²) in [5, 5.41) is 0. The normalized spacial score (nSPS) is 12.2. The van der Waals surface area contributed by atoms with Gasteiger partial charge in [-0.1, -0.05) is 0 Å². The molecule has 0 unspecified atom stereocenters. The van der Waals surface area contributed by atoms with Gasteiger partial charge in [-0.3, -0.25) is 4.18 Å². The summed E-state index contributed by atoms with van der Waals surface area (Å²) in [7, 11) is -5.23. The SMILES string of the molecule is COS(=O)(=O)CC[SH](=O)=O. The van der Waals surface area contributed by atoms with Crippen LogP contribution in [0.3, 0.4) is 0 Å². The van der Waals surface area contributed by atoms with Crippen LogP contribution in [-0.4, -0.2) is 35.5 Å². The van der Waals surface area contributed by atoms with Crippen molar-refractivity contribution < 1.29 is 21.0 Å². The summed E-state index contributed by atoms with van der Waals surface area (Å²) in [4.78, 5) is 0. The lowest BCUT2D eigenvalue weighted by Crippen LogP contribution is -2.11. The molecule has 0 saturated carbocycles. The minimum Gasteiger partial charge on any atom is -0.273 e. The first-order valence-electron chi connectivity index (χ1n) is 2.38. The summed E-state index contributed by atoms with van der Waals surface area (Å²) < 4.78 is 44.6. The zero-order valence-corrected chi connectivity index (χ0v) is 7.02. The third-order valence-electron chi connectivity index (χ3n) is 0.778. The van der Waals surface area contributed by atoms with E-state index in [9.17, 15) is 16.8 Å². The van der Waals surface area contributed by atoms with Gasteiger partial charge in [0.15, 0.2) is 0 Å². The number of thiol groups is 1. The van der Waals surface area contributed by atoms with Crippen molar-refractivity contribution in [3.8, 4) is 0 Å². The molecule has 0 atom stereocenters. The maximum Gasteiger partial charge on any atom is 0.268 e. The Morgan fingerprint density at radius 2 is 1.90 bits per heavy atom. The highest BCUT2D eigenvalue weighted by molar-refractivity contribution is 7.87. The lowest BCUT2D eigenvalue weighted by molar-refractivity contribution is 0.399. The predicted octanol–water partition coefficient (Wildman–Crippen LogP) is -1.43. The Kier molecular flexibility index (Phi) is 3.84. The van der Waals surface area contributed by atoms with Crippen molar-refractivity contribution in [1.29, 1.82) is 0 Å². The highest BCUT2D eigenvalue weighted by Crippen LogP contribution is 1.88. The standard InChI is InChI=1S/C3H8O5S2/c1-8-10(6,7)3-2-9(4)5/h9H,2-3H2,1H3. The number of hydrogen-bond acceptors (Lipinski definition) is 5. The Labute approximate surface area is 61.1 Å². The fourth-order valence-corrected chi connectivity index (χ4v) is 1.93. The van der Waals surface area contributed by atoms with E-state index in [2.05, 4.69) is 4.18 Å². The Balaban J connectivity index is 3.93. The molecule has 0 N–H and O–H groups in total. The molecular weight excluding hydrogens is 180 g/mol. The van der Waals surface area contributed by atoms with E-state index in [1.807, 2.05) is 0 Å². The zero-order valence-electron chi connectivity index (χ0n) is 5.31. The fourth-order valence-electron chi connectivity index (χ4n) is 0.270. The molecule has 0 aromatic heterocycles. The van der Waals surface area contributed by atoms with E-state index < -0.39 is 26.6 Å². The minimum absolute atomic E-state index is 0.383. The van der Waals surface area contributed by atoms with Crippen molar-refractivity contribution in [2.75, 3.05) is 18.6 Å². The zero-order chi connectivity index (χ0) is 8.20. The van der Waals surface area contributed by atoms with E-state index in [0.29, 0.717) is 0 Å². The lowest BCUT2D eigenvalue weighted by atomic mass is 11.0. The number of rotatable bonds is 4. The molecule has 62 valence electrons. The van der Waals surface area contributed by atoms with Crippen LogP contribution in [0.2, 0.25) is 0 Å². The van der Waals surface area contributed by atoms with Crippen LogP contribution in [0, 0.1) is 0 Å². The predicted molar refractivity (Wildman–Crippen MR) is 36.0 cm³/mol. The van der Waals surface area contributed by atoms with E-state index in [4.69, 9.17) is 0 Å². The first-order chi connectivity index (χ1) is 4.48. The topological polar surface area (TPSA) is 77.5 Å². The van der Waals surface area contributed by atoms with Gasteiger partial charge in [-0.15, -0.1) is 0 Å². The molecule has 0 bridgehead atoms. The van der Waals surface area contributed by atoms with E-state index in [0.717, 1.165) is 7.11 Å². The van der Waals surface area contributed by atoms with Crippen LogP contribution < -0.4 is 0 Å². The molecule has 0 aromatic rings. The first-order valence-corrected chi connectivity index (χ1v) is 5.32. The van der Waals surface area contributed by atoms with Gasteiger partial charge in [0.1, 0.15) is 10.7 Å². The van der Waals surface area contributed by atoms with Crippen LogP contribution >= 0.6 is 0 Å². The summed E-state index contributed by atoms with van der Waals surface area (Å²) in [6.07, 6.45) is 0. The van der Waals surface area contributed by atoms with Crippen LogP contribution in [0.25, 0.3) is 0 Å². The quantitative estimate of drug-likeness (QED) is 0.432. The Hall–Kier alpha value is -0.140. The van der Waals surface area contributed by atoms with E-state index >= 15 is 0 Å². The van der Waals surface area contributed by atoms with Gasteiger partial charge in [0.25, 0.3) is 10.1 Å². The molecule has 5 nitrogen and oxygen atoms in total. The Morgan fingerprint density at radius 1 is 1.40 bits per heavy atom.